The van der Waals surface area contributed by atoms with Gasteiger partial charge in [-0.1, -0.05) is 0 Å². The summed E-state index contributed by atoms with van der Waals surface area (Å²) in [5.41, 5.74) is 0. The largest absolute Gasteiger partial charge is 0.464 e. The number of hydrogen-bond donors (Lipinski definition) is 3. The third kappa shape index (κ3) is 6.89. The molecule has 0 unspecified atom stereocenters. The molecule has 0 fully saturated rings. The number of carbonyl (C=O) groups is 1. The van der Waals surface area contributed by atoms with Crippen molar-refractivity contribution in [2.45, 2.75) is 0 Å². The Bertz CT molecular complexity index is 66.7. The number of nitrogens with zero attached hydrogens (tertiary/aromatic N) is 1. The van der Waals surface area contributed by atoms with E-state index in [0.29, 0.717) is 3.71 Å². The van der Waals surface area contributed by atoms with Gasteiger partial charge in [-0.05, 0) is 25.6 Å². The Morgan fingerprint density at radius 3 is 1.71 bits per heavy atom. The molecule has 0 aromatic heterocycles. The Labute approximate surface area is 72.3 Å². The van der Waals surface area contributed by atoms with Crippen LogP contribution in [0.3, 0.4) is 0 Å². The summed E-state index contributed by atoms with van der Waals surface area (Å²) in [7, 11) is 0. The van der Waals surface area contributed by atoms with Crippen LogP contribution in [0.5, 0.6) is 0 Å². The third-order valence-corrected chi connectivity index (χ3v) is 0.513. The van der Waals surface area contributed by atoms with Crippen LogP contribution in [-0.4, -0.2) is 14.9 Å². The van der Waals surface area contributed by atoms with Crippen molar-refractivity contribution in [3.8, 4) is 0 Å². The van der Waals surface area contributed by atoms with Gasteiger partial charge in [0.05, 0.1) is 0 Å². The van der Waals surface area contributed by atoms with E-state index >= 15 is 0 Å². The number of amides is 1. The second-order valence-electron chi connectivity index (χ2n) is 0.572. The van der Waals surface area contributed by atoms with Gasteiger partial charge < -0.3 is 5.11 Å². The van der Waals surface area contributed by atoms with Gasteiger partial charge in [-0.2, -0.15) is 3.71 Å². The normalized spacial score (nSPS) is 6.57. The van der Waals surface area contributed by atoms with Crippen molar-refractivity contribution in [1.29, 1.82) is 0 Å². The van der Waals surface area contributed by atoms with E-state index in [1.54, 1.807) is 0 Å². The smallest absolute Gasteiger partial charge is 0.427 e. The Kier molecular flexibility index (Phi) is 7.77. The van der Waals surface area contributed by atoms with E-state index in [0.717, 1.165) is 0 Å². The molecular weight excluding hydrogens is 235 g/mol. The standard InChI is InChI=1S/CH3NO2S2.Cd/c3-1(4)2(5)6;/h5-6H,(H,3,4);. The van der Waals surface area contributed by atoms with E-state index in [1.807, 2.05) is 0 Å². The van der Waals surface area contributed by atoms with E-state index in [4.69, 9.17) is 5.11 Å². The average Bonchev–Trinajstić information content (AvgIpc) is 1.36. The van der Waals surface area contributed by atoms with Gasteiger partial charge >= 0.3 is 6.09 Å². The molecule has 38 valence electrons. The van der Waals surface area contributed by atoms with E-state index in [1.165, 1.54) is 0 Å². The van der Waals surface area contributed by atoms with Crippen LogP contribution in [0.1, 0.15) is 0 Å². The summed E-state index contributed by atoms with van der Waals surface area (Å²) in [6, 6.07) is 0. The van der Waals surface area contributed by atoms with Crippen molar-refractivity contribution in [3.63, 3.8) is 0 Å². The maximum Gasteiger partial charge on any atom is 0.427 e. The van der Waals surface area contributed by atoms with Crippen molar-refractivity contribution in [2.75, 3.05) is 0 Å². The molecule has 0 rings (SSSR count). The molecule has 0 aliphatic heterocycles. The average molecular weight is 238 g/mol. The summed E-state index contributed by atoms with van der Waals surface area (Å²) in [5.74, 6) is 0. The van der Waals surface area contributed by atoms with Crippen molar-refractivity contribution in [2.24, 2.45) is 0 Å². The fraction of sp³-hybridized carbons (Fsp3) is 0. The van der Waals surface area contributed by atoms with Crippen LogP contribution >= 0.6 is 25.6 Å². The molecular formula is CH3CdNO2S2. The molecule has 0 bridgehead atoms. The van der Waals surface area contributed by atoms with Gasteiger partial charge in [0.1, 0.15) is 0 Å². The van der Waals surface area contributed by atoms with Gasteiger partial charge in [-0.25, -0.2) is 4.79 Å². The van der Waals surface area contributed by atoms with E-state index < -0.39 is 6.09 Å². The Morgan fingerprint density at radius 2 is 1.71 bits per heavy atom. The molecule has 3 nitrogen and oxygen atoms in total. The molecule has 0 spiro atoms. The number of hydrogen-bond acceptors (Lipinski definition) is 3. The molecule has 0 atom stereocenters. The zero-order valence-corrected chi connectivity index (χ0v) is 9.23. The zero-order chi connectivity index (χ0) is 5.15. The molecule has 0 saturated carbocycles. The van der Waals surface area contributed by atoms with Crippen LogP contribution in [0.25, 0.3) is 0 Å². The first kappa shape index (κ1) is 10.8. The minimum atomic E-state index is -1.18. The first-order chi connectivity index (χ1) is 2.64. The number of rotatable bonds is 0. The SMILES string of the molecule is O=C(O)N(S)S.[Cd]. The minimum absolute atomic E-state index is 0. The maximum atomic E-state index is 9.47. The molecule has 1 amide bonds. The molecule has 6 heteroatoms. The third-order valence-electron chi connectivity index (χ3n) is 0.171. The van der Waals surface area contributed by atoms with Gasteiger partial charge in [0.2, 0.25) is 0 Å². The molecule has 0 aromatic rings. The minimum Gasteiger partial charge on any atom is -0.464 e. The maximum absolute atomic E-state index is 9.47. The second-order valence-corrected chi connectivity index (χ2v) is 1.69. The molecule has 1 N–H and O–H groups in total. The molecule has 0 aromatic carbocycles. The molecule has 7 heavy (non-hydrogen) atoms. The number of thiol groups is 2. The quantitative estimate of drug-likeness (QED) is 0.428. The van der Waals surface area contributed by atoms with Crippen LogP contribution in [0.15, 0.2) is 0 Å². The first-order valence-corrected chi connectivity index (χ1v) is 1.85. The topological polar surface area (TPSA) is 40.5 Å². The Balaban J connectivity index is 0. The van der Waals surface area contributed by atoms with Gasteiger partial charge in [-0.3, -0.25) is 0 Å². The predicted molar refractivity (Wildman–Crippen MR) is 27.8 cm³/mol. The van der Waals surface area contributed by atoms with Crippen LogP contribution in [0.4, 0.5) is 4.79 Å². The molecule has 0 aliphatic carbocycles. The summed E-state index contributed by atoms with van der Waals surface area (Å²) in [5, 5.41) is 7.76. The predicted octanol–water partition coefficient (Wildman–Crippen LogP) is 0.653. The van der Waals surface area contributed by atoms with E-state index in [2.05, 4.69) is 25.6 Å². The van der Waals surface area contributed by atoms with Gasteiger partial charge in [0.15, 0.2) is 0 Å². The summed E-state index contributed by atoms with van der Waals surface area (Å²) in [6.07, 6.45) is -1.18. The summed E-state index contributed by atoms with van der Waals surface area (Å²) < 4.78 is 0.472. The van der Waals surface area contributed by atoms with Crippen LogP contribution in [-0.2, 0) is 27.3 Å². The first-order valence-electron chi connectivity index (χ1n) is 1.05. The van der Waals surface area contributed by atoms with E-state index in [9.17, 15) is 4.79 Å². The molecule has 0 saturated heterocycles. The zero-order valence-electron chi connectivity index (χ0n) is 3.40. The second kappa shape index (κ2) is 5.04. The molecule has 0 heterocycles. The fourth-order valence-corrected chi connectivity index (χ4v) is 0. The van der Waals surface area contributed by atoms with Crippen LogP contribution in [0, 0.1) is 0 Å². The van der Waals surface area contributed by atoms with Gasteiger partial charge in [0, 0.05) is 27.3 Å². The van der Waals surface area contributed by atoms with Crippen molar-refractivity contribution in [3.05, 3.63) is 0 Å². The van der Waals surface area contributed by atoms with Crippen molar-refractivity contribution < 1.29 is 37.2 Å². The number of carboxylic acid groups (broad SMARTS) is 1. The summed E-state index contributed by atoms with van der Waals surface area (Å²) in [6.45, 7) is 0. The van der Waals surface area contributed by atoms with Gasteiger partial charge in [-0.15, -0.1) is 0 Å². The summed E-state index contributed by atoms with van der Waals surface area (Å²) in [4.78, 5) is 9.47. The summed E-state index contributed by atoms with van der Waals surface area (Å²) >= 11 is 6.58. The van der Waals surface area contributed by atoms with Crippen LogP contribution in [0.2, 0.25) is 0 Å². The molecule has 0 aliphatic rings. The fourth-order valence-electron chi connectivity index (χ4n) is 0. The Hall–Kier alpha value is 0.892. The van der Waals surface area contributed by atoms with Crippen molar-refractivity contribution >= 4 is 31.7 Å². The van der Waals surface area contributed by atoms with Crippen molar-refractivity contribution in [1.82, 2.24) is 3.71 Å². The van der Waals surface area contributed by atoms with E-state index in [-0.39, 0.29) is 27.3 Å². The molecule has 0 radical (unpaired) electrons. The van der Waals surface area contributed by atoms with Gasteiger partial charge in [0.25, 0.3) is 0 Å². The van der Waals surface area contributed by atoms with Crippen LogP contribution < -0.4 is 0 Å². The monoisotopic (exact) mass is 239 g/mol. The Morgan fingerprint density at radius 1 is 1.57 bits per heavy atom.